The van der Waals surface area contributed by atoms with E-state index in [0.717, 1.165) is 25.3 Å². The van der Waals surface area contributed by atoms with Gasteiger partial charge in [0.05, 0.1) is 6.10 Å². The van der Waals surface area contributed by atoms with E-state index in [2.05, 4.69) is 43.0 Å². The van der Waals surface area contributed by atoms with Crippen LogP contribution in [0.1, 0.15) is 56.8 Å². The number of piperidine rings is 1. The molecule has 1 N–H and O–H groups in total. The van der Waals surface area contributed by atoms with Gasteiger partial charge in [0, 0.05) is 12.1 Å². The number of rotatable bonds is 1. The van der Waals surface area contributed by atoms with Crippen molar-refractivity contribution in [1.29, 1.82) is 0 Å². The molecule has 2 heteroatoms. The first-order valence-electron chi connectivity index (χ1n) is 8.20. The number of hydrogen-bond acceptors (Lipinski definition) is 2. The van der Waals surface area contributed by atoms with Gasteiger partial charge in [0.1, 0.15) is 0 Å². The van der Waals surface area contributed by atoms with Crippen LogP contribution in [0.15, 0.2) is 24.3 Å². The standard InChI is InChI=1S/C18H27NO/c1-13-7-6-12-19(14(13)2)17-11-5-9-15-8-3-4-10-16(15)18(17)20/h3-4,8,10,13-14,17-18,20H,5-7,9,11-12H2,1-2H3. The second-order valence-electron chi connectivity index (χ2n) is 6.70. The lowest BCUT2D eigenvalue weighted by atomic mass is 9.88. The summed E-state index contributed by atoms with van der Waals surface area (Å²) in [5.41, 5.74) is 2.51. The van der Waals surface area contributed by atoms with Crippen LogP contribution >= 0.6 is 0 Å². The van der Waals surface area contributed by atoms with Crippen molar-refractivity contribution in [1.82, 2.24) is 4.90 Å². The third-order valence-corrected chi connectivity index (χ3v) is 5.53. The zero-order valence-electron chi connectivity index (χ0n) is 12.8. The van der Waals surface area contributed by atoms with Crippen LogP contribution < -0.4 is 0 Å². The molecule has 0 spiro atoms. The molecule has 0 amide bonds. The lowest BCUT2D eigenvalue weighted by molar-refractivity contribution is -0.00822. The number of nitrogens with zero attached hydrogens (tertiary/aromatic N) is 1. The van der Waals surface area contributed by atoms with Gasteiger partial charge in [-0.15, -0.1) is 0 Å². The van der Waals surface area contributed by atoms with Gasteiger partial charge in [-0.25, -0.2) is 0 Å². The Kier molecular flexibility index (Phi) is 4.13. The molecule has 4 unspecified atom stereocenters. The molecule has 1 aromatic rings. The molecule has 0 saturated carbocycles. The second-order valence-corrected chi connectivity index (χ2v) is 6.70. The van der Waals surface area contributed by atoms with Gasteiger partial charge in [-0.2, -0.15) is 0 Å². The van der Waals surface area contributed by atoms with Crippen LogP contribution in [0.25, 0.3) is 0 Å². The van der Waals surface area contributed by atoms with Crippen LogP contribution in [0.5, 0.6) is 0 Å². The lowest BCUT2D eigenvalue weighted by Crippen LogP contribution is -2.50. The van der Waals surface area contributed by atoms with Crippen molar-refractivity contribution < 1.29 is 5.11 Å². The molecular weight excluding hydrogens is 246 g/mol. The number of fused-ring (bicyclic) bond motifs is 1. The maximum atomic E-state index is 10.9. The molecule has 0 bridgehead atoms. The van der Waals surface area contributed by atoms with Crippen molar-refractivity contribution >= 4 is 0 Å². The number of likely N-dealkylation sites (tertiary alicyclic amines) is 1. The van der Waals surface area contributed by atoms with Gasteiger partial charge in [0.15, 0.2) is 0 Å². The van der Waals surface area contributed by atoms with Crippen LogP contribution in [-0.4, -0.2) is 28.6 Å². The third kappa shape index (κ3) is 2.51. The highest BCUT2D eigenvalue weighted by Crippen LogP contribution is 2.35. The maximum Gasteiger partial charge on any atom is 0.0947 e. The minimum atomic E-state index is -0.318. The van der Waals surface area contributed by atoms with E-state index < -0.39 is 0 Å². The summed E-state index contributed by atoms with van der Waals surface area (Å²) < 4.78 is 0. The maximum absolute atomic E-state index is 10.9. The second kappa shape index (κ2) is 5.87. The van der Waals surface area contributed by atoms with Crippen LogP contribution in [0.2, 0.25) is 0 Å². The molecule has 110 valence electrons. The molecule has 3 rings (SSSR count). The predicted octanol–water partition coefficient (Wildman–Crippen LogP) is 3.55. The van der Waals surface area contributed by atoms with E-state index in [-0.39, 0.29) is 6.10 Å². The zero-order valence-corrected chi connectivity index (χ0v) is 12.8. The molecule has 0 radical (unpaired) electrons. The lowest BCUT2D eigenvalue weighted by Gasteiger charge is -2.44. The summed E-state index contributed by atoms with van der Waals surface area (Å²) in [6, 6.07) is 9.36. The van der Waals surface area contributed by atoms with Crippen LogP contribution in [-0.2, 0) is 6.42 Å². The summed E-state index contributed by atoms with van der Waals surface area (Å²) >= 11 is 0. The summed E-state index contributed by atoms with van der Waals surface area (Å²) in [5.74, 6) is 0.745. The Balaban J connectivity index is 1.87. The molecule has 20 heavy (non-hydrogen) atoms. The van der Waals surface area contributed by atoms with E-state index >= 15 is 0 Å². The van der Waals surface area contributed by atoms with Crippen molar-refractivity contribution in [3.8, 4) is 0 Å². The summed E-state index contributed by atoms with van der Waals surface area (Å²) in [5, 5.41) is 10.9. The molecule has 1 aliphatic carbocycles. The fourth-order valence-electron chi connectivity index (χ4n) is 4.10. The summed E-state index contributed by atoms with van der Waals surface area (Å²) in [7, 11) is 0. The predicted molar refractivity (Wildman–Crippen MR) is 82.7 cm³/mol. The number of hydrogen-bond donors (Lipinski definition) is 1. The van der Waals surface area contributed by atoms with Gasteiger partial charge in [-0.05, 0) is 62.6 Å². The Morgan fingerprint density at radius 2 is 1.90 bits per heavy atom. The fourth-order valence-corrected chi connectivity index (χ4v) is 4.10. The quantitative estimate of drug-likeness (QED) is 0.791. The van der Waals surface area contributed by atoms with Crippen LogP contribution in [0.3, 0.4) is 0 Å². The fraction of sp³-hybridized carbons (Fsp3) is 0.667. The van der Waals surface area contributed by atoms with Gasteiger partial charge in [-0.3, -0.25) is 4.90 Å². The number of aryl methyl sites for hydroxylation is 1. The van der Waals surface area contributed by atoms with E-state index in [1.165, 1.54) is 30.4 Å². The first-order valence-corrected chi connectivity index (χ1v) is 8.20. The largest absolute Gasteiger partial charge is 0.387 e. The molecule has 0 aromatic heterocycles. The van der Waals surface area contributed by atoms with Gasteiger partial charge >= 0.3 is 0 Å². The summed E-state index contributed by atoms with van der Waals surface area (Å²) in [6.07, 6.45) is 5.71. The van der Waals surface area contributed by atoms with Crippen molar-refractivity contribution in [2.45, 2.75) is 64.1 Å². The van der Waals surface area contributed by atoms with Crippen molar-refractivity contribution in [2.24, 2.45) is 5.92 Å². The van der Waals surface area contributed by atoms with Crippen molar-refractivity contribution in [2.75, 3.05) is 6.54 Å². The van der Waals surface area contributed by atoms with Gasteiger partial charge in [-0.1, -0.05) is 31.2 Å². The molecule has 2 aliphatic rings. The third-order valence-electron chi connectivity index (χ3n) is 5.53. The molecule has 1 aromatic carbocycles. The first-order chi connectivity index (χ1) is 9.68. The Morgan fingerprint density at radius 1 is 1.10 bits per heavy atom. The van der Waals surface area contributed by atoms with E-state index in [0.29, 0.717) is 12.1 Å². The average molecular weight is 273 g/mol. The number of aliphatic hydroxyl groups excluding tert-OH is 1. The molecule has 2 nitrogen and oxygen atoms in total. The number of benzene rings is 1. The molecule has 1 fully saturated rings. The smallest absolute Gasteiger partial charge is 0.0947 e. The highest BCUT2D eigenvalue weighted by molar-refractivity contribution is 5.31. The van der Waals surface area contributed by atoms with E-state index in [9.17, 15) is 5.11 Å². The highest BCUT2D eigenvalue weighted by atomic mass is 16.3. The van der Waals surface area contributed by atoms with Crippen LogP contribution in [0.4, 0.5) is 0 Å². The highest BCUT2D eigenvalue weighted by Gasteiger charge is 2.36. The number of aliphatic hydroxyl groups is 1. The Morgan fingerprint density at radius 3 is 2.75 bits per heavy atom. The average Bonchev–Trinajstić information content (AvgIpc) is 2.62. The van der Waals surface area contributed by atoms with E-state index in [4.69, 9.17) is 0 Å². The Hall–Kier alpha value is -0.860. The summed E-state index contributed by atoms with van der Waals surface area (Å²) in [4.78, 5) is 2.58. The molecule has 1 saturated heterocycles. The zero-order chi connectivity index (χ0) is 14.1. The first kappa shape index (κ1) is 14.1. The molecule has 1 aliphatic heterocycles. The van der Waals surface area contributed by atoms with Crippen LogP contribution in [0, 0.1) is 5.92 Å². The normalized spacial score (nSPS) is 35.4. The van der Waals surface area contributed by atoms with Crippen molar-refractivity contribution in [3.05, 3.63) is 35.4 Å². The topological polar surface area (TPSA) is 23.5 Å². The monoisotopic (exact) mass is 273 g/mol. The van der Waals surface area contributed by atoms with Gasteiger partial charge in [0.25, 0.3) is 0 Å². The van der Waals surface area contributed by atoms with Gasteiger partial charge in [0.2, 0.25) is 0 Å². The van der Waals surface area contributed by atoms with E-state index in [1.807, 2.05) is 0 Å². The molecular formula is C18H27NO. The Labute approximate surface area is 122 Å². The SMILES string of the molecule is CC1CCCN(C2CCCc3ccccc3C2O)C1C. The van der Waals surface area contributed by atoms with Gasteiger partial charge < -0.3 is 5.11 Å². The van der Waals surface area contributed by atoms with E-state index in [1.54, 1.807) is 0 Å². The summed E-state index contributed by atoms with van der Waals surface area (Å²) in [6.45, 7) is 5.84. The minimum Gasteiger partial charge on any atom is -0.387 e. The molecule has 1 heterocycles. The minimum absolute atomic E-state index is 0.302. The Bertz CT molecular complexity index is 458. The molecule has 4 atom stereocenters. The van der Waals surface area contributed by atoms with Crippen molar-refractivity contribution in [3.63, 3.8) is 0 Å².